The standard InChI is InChI=1S/C24H30FN3O4/c1-24(2,3)16-6-10-18(11-7-16)28-22(31)20(29)19-21(30)26(12-13-27(19)23(28)32)14-15-4-8-17(25)9-5-15/h4-5,8-9,16,18,29H,6-7,10-14H2,1-3H3. The molecular formula is C24H30FN3O4. The van der Waals surface area contributed by atoms with Gasteiger partial charge in [0.25, 0.3) is 11.5 Å². The van der Waals surface area contributed by atoms with Crippen molar-refractivity contribution in [3.63, 3.8) is 0 Å². The summed E-state index contributed by atoms with van der Waals surface area (Å²) in [5.41, 5.74) is -0.690. The van der Waals surface area contributed by atoms with E-state index in [0.29, 0.717) is 18.8 Å². The Morgan fingerprint density at radius 2 is 1.62 bits per heavy atom. The lowest BCUT2D eigenvalue weighted by Gasteiger charge is -2.37. The van der Waals surface area contributed by atoms with Gasteiger partial charge in [-0.05, 0) is 54.7 Å². The lowest BCUT2D eigenvalue weighted by atomic mass is 9.71. The van der Waals surface area contributed by atoms with Crippen LogP contribution in [-0.2, 0) is 13.1 Å². The van der Waals surface area contributed by atoms with Gasteiger partial charge in [-0.15, -0.1) is 0 Å². The van der Waals surface area contributed by atoms with E-state index in [1.165, 1.54) is 21.6 Å². The SMILES string of the molecule is CC(C)(C)C1CCC(n2c(=O)c(O)c3n(c2=O)CCN(Cc2ccc(F)cc2)C3=O)CC1. The number of hydrogen-bond donors (Lipinski definition) is 1. The summed E-state index contributed by atoms with van der Waals surface area (Å²) in [5, 5.41) is 10.7. The van der Waals surface area contributed by atoms with E-state index in [0.717, 1.165) is 23.0 Å². The minimum Gasteiger partial charge on any atom is -0.501 e. The number of amides is 1. The Morgan fingerprint density at radius 3 is 2.22 bits per heavy atom. The molecule has 4 rings (SSSR count). The van der Waals surface area contributed by atoms with E-state index >= 15 is 0 Å². The minimum absolute atomic E-state index is 0.170. The smallest absolute Gasteiger partial charge is 0.332 e. The lowest BCUT2D eigenvalue weighted by molar-refractivity contribution is 0.0674. The third kappa shape index (κ3) is 3.98. The number of rotatable bonds is 3. The van der Waals surface area contributed by atoms with Gasteiger partial charge in [0, 0.05) is 25.7 Å². The van der Waals surface area contributed by atoms with Gasteiger partial charge in [-0.25, -0.2) is 9.18 Å². The fourth-order valence-electron chi connectivity index (χ4n) is 5.04. The van der Waals surface area contributed by atoms with Crippen molar-refractivity contribution in [2.24, 2.45) is 11.3 Å². The zero-order valence-corrected chi connectivity index (χ0v) is 18.8. The first-order valence-corrected chi connectivity index (χ1v) is 11.2. The van der Waals surface area contributed by atoms with Crippen LogP contribution in [0.5, 0.6) is 5.75 Å². The van der Waals surface area contributed by atoms with Crippen LogP contribution in [0.4, 0.5) is 4.39 Å². The first-order valence-electron chi connectivity index (χ1n) is 11.2. The molecule has 1 aromatic heterocycles. The van der Waals surface area contributed by atoms with Crippen LogP contribution in [0.1, 0.15) is 68.5 Å². The lowest BCUT2D eigenvalue weighted by Crippen LogP contribution is -2.51. The number of carbonyl (C=O) groups excluding carboxylic acids is 1. The monoisotopic (exact) mass is 443 g/mol. The Labute approximate surface area is 186 Å². The largest absolute Gasteiger partial charge is 0.501 e. The molecule has 0 unspecified atom stereocenters. The summed E-state index contributed by atoms with van der Waals surface area (Å²) in [6.45, 7) is 7.25. The van der Waals surface area contributed by atoms with Gasteiger partial charge in [0.15, 0.2) is 5.69 Å². The third-order valence-corrected chi connectivity index (χ3v) is 7.01. The maximum Gasteiger partial charge on any atom is 0.332 e. The van der Waals surface area contributed by atoms with Crippen LogP contribution in [0, 0.1) is 17.2 Å². The molecule has 2 aliphatic rings. The molecule has 2 heterocycles. The second-order valence-corrected chi connectivity index (χ2v) is 10.0. The van der Waals surface area contributed by atoms with Gasteiger partial charge >= 0.3 is 5.69 Å². The Balaban J connectivity index is 1.62. The second-order valence-electron chi connectivity index (χ2n) is 10.0. The van der Waals surface area contributed by atoms with Crippen LogP contribution < -0.4 is 11.2 Å². The molecule has 1 aromatic carbocycles. The maximum atomic E-state index is 13.2. The van der Waals surface area contributed by atoms with E-state index in [-0.39, 0.29) is 42.6 Å². The molecule has 1 fully saturated rings. The predicted molar refractivity (Wildman–Crippen MR) is 118 cm³/mol. The summed E-state index contributed by atoms with van der Waals surface area (Å²) in [6, 6.07) is 5.51. The number of nitrogens with zero attached hydrogens (tertiary/aromatic N) is 3. The van der Waals surface area contributed by atoms with Crippen molar-refractivity contribution in [3.8, 4) is 5.75 Å². The van der Waals surface area contributed by atoms with Crippen molar-refractivity contribution in [1.29, 1.82) is 0 Å². The normalized spacial score (nSPS) is 21.5. The van der Waals surface area contributed by atoms with Crippen LogP contribution in [0.3, 0.4) is 0 Å². The highest BCUT2D eigenvalue weighted by Crippen LogP contribution is 2.40. The number of halogens is 1. The molecule has 0 spiro atoms. The number of carbonyl (C=O) groups is 1. The van der Waals surface area contributed by atoms with Gasteiger partial charge in [0.2, 0.25) is 5.75 Å². The molecule has 1 amide bonds. The zero-order valence-electron chi connectivity index (χ0n) is 18.8. The van der Waals surface area contributed by atoms with E-state index in [2.05, 4.69) is 20.8 Å². The van der Waals surface area contributed by atoms with Crippen molar-refractivity contribution in [2.75, 3.05) is 6.54 Å². The Hall–Kier alpha value is -2.90. The number of aromatic nitrogens is 2. The van der Waals surface area contributed by atoms with Crippen molar-refractivity contribution in [3.05, 3.63) is 62.2 Å². The zero-order chi connectivity index (χ0) is 23.2. The average Bonchev–Trinajstić information content (AvgIpc) is 2.75. The molecule has 8 heteroatoms. The second kappa shape index (κ2) is 8.22. The quantitative estimate of drug-likeness (QED) is 0.789. The van der Waals surface area contributed by atoms with Gasteiger partial charge in [0.1, 0.15) is 5.82 Å². The predicted octanol–water partition coefficient (Wildman–Crippen LogP) is 3.29. The van der Waals surface area contributed by atoms with Crippen molar-refractivity contribution in [1.82, 2.24) is 14.0 Å². The average molecular weight is 444 g/mol. The molecule has 1 aliphatic carbocycles. The van der Waals surface area contributed by atoms with Gasteiger partial charge in [-0.1, -0.05) is 32.9 Å². The van der Waals surface area contributed by atoms with E-state index in [1.54, 1.807) is 12.1 Å². The molecule has 1 saturated carbocycles. The number of benzene rings is 1. The molecule has 0 radical (unpaired) electrons. The highest BCUT2D eigenvalue weighted by Gasteiger charge is 2.35. The molecule has 1 aliphatic heterocycles. The van der Waals surface area contributed by atoms with Crippen molar-refractivity contribution >= 4 is 5.91 Å². The summed E-state index contributed by atoms with van der Waals surface area (Å²) < 4.78 is 15.5. The van der Waals surface area contributed by atoms with E-state index in [9.17, 15) is 23.9 Å². The van der Waals surface area contributed by atoms with Crippen LogP contribution in [0.15, 0.2) is 33.9 Å². The van der Waals surface area contributed by atoms with Gasteiger partial charge in [-0.3, -0.25) is 18.7 Å². The Bertz CT molecular complexity index is 1140. The number of aromatic hydroxyl groups is 1. The van der Waals surface area contributed by atoms with Crippen LogP contribution in [0.25, 0.3) is 0 Å². The molecule has 2 aromatic rings. The summed E-state index contributed by atoms with van der Waals surface area (Å²) in [4.78, 5) is 40.7. The molecule has 7 nitrogen and oxygen atoms in total. The maximum absolute atomic E-state index is 13.2. The first-order chi connectivity index (χ1) is 15.1. The highest BCUT2D eigenvalue weighted by atomic mass is 19.1. The molecule has 0 atom stereocenters. The Morgan fingerprint density at radius 1 is 1.00 bits per heavy atom. The van der Waals surface area contributed by atoms with Gasteiger partial charge < -0.3 is 10.0 Å². The molecular weight excluding hydrogens is 413 g/mol. The van der Waals surface area contributed by atoms with Crippen molar-refractivity contribution < 1.29 is 14.3 Å². The van der Waals surface area contributed by atoms with Gasteiger partial charge in [-0.2, -0.15) is 0 Å². The topological polar surface area (TPSA) is 84.5 Å². The molecule has 0 bridgehead atoms. The summed E-state index contributed by atoms with van der Waals surface area (Å²) in [6.07, 6.45) is 3.21. The molecule has 172 valence electrons. The van der Waals surface area contributed by atoms with Crippen LogP contribution >= 0.6 is 0 Å². The minimum atomic E-state index is -0.794. The van der Waals surface area contributed by atoms with E-state index in [1.807, 2.05) is 0 Å². The molecule has 1 N–H and O–H groups in total. The van der Waals surface area contributed by atoms with Crippen LogP contribution in [0.2, 0.25) is 0 Å². The Kier molecular flexibility index (Phi) is 5.73. The highest BCUT2D eigenvalue weighted by molar-refractivity contribution is 5.95. The van der Waals surface area contributed by atoms with E-state index in [4.69, 9.17) is 0 Å². The number of hydrogen-bond acceptors (Lipinski definition) is 4. The summed E-state index contributed by atoms with van der Waals surface area (Å²) in [5.74, 6) is -1.09. The van der Waals surface area contributed by atoms with E-state index < -0.39 is 22.9 Å². The van der Waals surface area contributed by atoms with Crippen molar-refractivity contribution in [2.45, 2.75) is 65.6 Å². The summed E-state index contributed by atoms with van der Waals surface area (Å²) >= 11 is 0. The fraction of sp³-hybridized carbons (Fsp3) is 0.542. The summed E-state index contributed by atoms with van der Waals surface area (Å²) in [7, 11) is 0. The fourth-order valence-corrected chi connectivity index (χ4v) is 5.04. The van der Waals surface area contributed by atoms with Crippen LogP contribution in [-0.4, -0.2) is 31.6 Å². The third-order valence-electron chi connectivity index (χ3n) is 7.01. The molecule has 0 saturated heterocycles. The first kappa shape index (κ1) is 22.3. The molecule has 32 heavy (non-hydrogen) atoms. The number of fused-ring (bicyclic) bond motifs is 1. The van der Waals surface area contributed by atoms with Gasteiger partial charge in [0.05, 0.1) is 0 Å².